The molecule has 0 unspecified atom stereocenters. The van der Waals surface area contributed by atoms with E-state index in [1.807, 2.05) is 12.1 Å². The van der Waals surface area contributed by atoms with Gasteiger partial charge in [-0.2, -0.15) is 0 Å². The summed E-state index contributed by atoms with van der Waals surface area (Å²) in [5.41, 5.74) is 4.65. The molecule has 9 rings (SSSR count). The average Bonchev–Trinajstić information content (AvgIpc) is 3.74. The third kappa shape index (κ3) is 7.62. The van der Waals surface area contributed by atoms with Gasteiger partial charge in [0.15, 0.2) is 0 Å². The molecule has 0 radical (unpaired) electrons. The van der Waals surface area contributed by atoms with E-state index in [0.717, 1.165) is 21.2 Å². The number of rotatable bonds is 12. The Hall–Kier alpha value is -9.04. The second-order valence-corrected chi connectivity index (χ2v) is 14.6. The number of carbonyl (C=O) groups is 6. The maximum atomic E-state index is 13.9. The molecule has 0 spiro atoms. The van der Waals surface area contributed by atoms with Crippen molar-refractivity contribution in [3.05, 3.63) is 191 Å². The monoisotopic (exact) mass is 848 g/mol. The summed E-state index contributed by atoms with van der Waals surface area (Å²) in [4.78, 5) is 82.9. The van der Waals surface area contributed by atoms with Gasteiger partial charge in [0.1, 0.15) is 23.0 Å². The molecule has 0 saturated carbocycles. The van der Waals surface area contributed by atoms with Gasteiger partial charge in [0, 0.05) is 54.0 Å². The van der Waals surface area contributed by atoms with Gasteiger partial charge in [0.05, 0.1) is 33.6 Å². The van der Waals surface area contributed by atoms with E-state index in [2.05, 4.69) is 21.3 Å². The fraction of sp³-hybridized carbons (Fsp3) is 0.0400. The zero-order valence-electron chi connectivity index (χ0n) is 34.2. The van der Waals surface area contributed by atoms with Gasteiger partial charge in [0.25, 0.3) is 35.4 Å². The molecular formula is C50H36N6O8. The molecule has 314 valence electrons. The molecule has 0 aliphatic carbocycles. The van der Waals surface area contributed by atoms with Gasteiger partial charge < -0.3 is 30.7 Å². The lowest BCUT2D eigenvalue weighted by atomic mass is 10.1. The quantitative estimate of drug-likeness (QED) is 0.0867. The molecule has 0 bridgehead atoms. The summed E-state index contributed by atoms with van der Waals surface area (Å²) in [7, 11) is 3.59. The van der Waals surface area contributed by atoms with Crippen LogP contribution in [0.15, 0.2) is 158 Å². The molecule has 14 heteroatoms. The molecule has 2 aliphatic heterocycles. The van der Waals surface area contributed by atoms with Crippen molar-refractivity contribution in [2.45, 2.75) is 0 Å². The van der Waals surface area contributed by atoms with Crippen LogP contribution in [0.1, 0.15) is 62.1 Å². The zero-order chi connectivity index (χ0) is 44.5. The van der Waals surface area contributed by atoms with Crippen molar-refractivity contribution in [3.8, 4) is 23.0 Å². The maximum absolute atomic E-state index is 13.9. The number of ether oxygens (including phenoxy) is 2. The SMILES string of the molecule is CNc1ccc(NC(=O)c2ccc(N3C(=O)c4cccc(Oc5cccc(Oc6cccc7c6C(=O)N(c6ccc(NC(=O)c8ccc(NC)cc8)cc6)C7=O)c5)c4C3=O)cc2)cc1. The Balaban J connectivity index is 0.881. The van der Waals surface area contributed by atoms with E-state index in [0.29, 0.717) is 28.2 Å². The van der Waals surface area contributed by atoms with E-state index in [-0.39, 0.29) is 62.8 Å². The Morgan fingerprint density at radius 2 is 0.781 bits per heavy atom. The lowest BCUT2D eigenvalue weighted by molar-refractivity contribution is 0.0909. The van der Waals surface area contributed by atoms with Crippen LogP contribution < -0.4 is 40.5 Å². The fourth-order valence-electron chi connectivity index (χ4n) is 7.37. The molecule has 7 aromatic rings. The molecule has 4 N–H and O–H groups in total. The summed E-state index contributed by atoms with van der Waals surface area (Å²) in [5, 5.41) is 11.7. The Kier molecular flexibility index (Phi) is 10.6. The van der Waals surface area contributed by atoms with Crippen LogP contribution >= 0.6 is 0 Å². The van der Waals surface area contributed by atoms with Gasteiger partial charge in [0.2, 0.25) is 0 Å². The summed E-state index contributed by atoms with van der Waals surface area (Å²) < 4.78 is 12.4. The normalized spacial score (nSPS) is 12.7. The molecular weight excluding hydrogens is 813 g/mol. The number of amides is 6. The van der Waals surface area contributed by atoms with Crippen LogP contribution in [0.2, 0.25) is 0 Å². The highest BCUT2D eigenvalue weighted by Gasteiger charge is 2.41. The summed E-state index contributed by atoms with van der Waals surface area (Å²) in [6, 6.07) is 42.6. The number of hydrogen-bond acceptors (Lipinski definition) is 10. The largest absolute Gasteiger partial charge is 0.456 e. The maximum Gasteiger partial charge on any atom is 0.269 e. The Labute approximate surface area is 366 Å². The predicted molar refractivity (Wildman–Crippen MR) is 243 cm³/mol. The van der Waals surface area contributed by atoms with Crippen LogP contribution in [-0.2, 0) is 0 Å². The first kappa shape index (κ1) is 40.4. The molecule has 2 heterocycles. The molecule has 2 aliphatic rings. The van der Waals surface area contributed by atoms with Gasteiger partial charge in [-0.15, -0.1) is 0 Å². The number of anilines is 6. The number of benzene rings is 7. The molecule has 0 fully saturated rings. The van der Waals surface area contributed by atoms with Crippen LogP contribution in [0.3, 0.4) is 0 Å². The third-order valence-corrected chi connectivity index (χ3v) is 10.7. The van der Waals surface area contributed by atoms with Crippen molar-refractivity contribution in [2.24, 2.45) is 0 Å². The molecule has 0 atom stereocenters. The van der Waals surface area contributed by atoms with Gasteiger partial charge in [-0.1, -0.05) is 18.2 Å². The van der Waals surface area contributed by atoms with Crippen molar-refractivity contribution >= 4 is 69.6 Å². The first-order chi connectivity index (χ1) is 31.1. The molecule has 64 heavy (non-hydrogen) atoms. The van der Waals surface area contributed by atoms with E-state index >= 15 is 0 Å². The standard InChI is InChI=1S/C50H36N6O8/c1-51-31-16-12-29(13-17-31)45(57)54-34-22-26-36(27-23-34)56-48(60)40-9-5-11-42(44(40)50(56)62)64-38-7-3-6-37(28-38)63-41-10-4-8-39-43(41)49(61)55(47(39)59)35-24-14-30(15-25-35)46(58)53-33-20-18-32(52-2)19-21-33/h3-28,51-52H,1-2H3,(H,53,58)(H,54,57). The van der Waals surface area contributed by atoms with Gasteiger partial charge in [-0.3, -0.25) is 28.8 Å². The van der Waals surface area contributed by atoms with Crippen LogP contribution in [0.25, 0.3) is 0 Å². The predicted octanol–water partition coefficient (Wildman–Crippen LogP) is 9.46. The van der Waals surface area contributed by atoms with Crippen LogP contribution in [-0.4, -0.2) is 49.5 Å². The number of fused-ring (bicyclic) bond motifs is 2. The second kappa shape index (κ2) is 16.8. The van der Waals surface area contributed by atoms with Crippen molar-refractivity contribution in [3.63, 3.8) is 0 Å². The Morgan fingerprint density at radius 3 is 1.22 bits per heavy atom. The van der Waals surface area contributed by atoms with Crippen molar-refractivity contribution in [2.75, 3.05) is 45.2 Å². The third-order valence-electron chi connectivity index (χ3n) is 10.7. The van der Waals surface area contributed by atoms with Gasteiger partial charge >= 0.3 is 0 Å². The van der Waals surface area contributed by atoms with E-state index in [9.17, 15) is 28.8 Å². The topological polar surface area (TPSA) is 175 Å². The fourth-order valence-corrected chi connectivity index (χ4v) is 7.37. The smallest absolute Gasteiger partial charge is 0.269 e. The lowest BCUT2D eigenvalue weighted by Gasteiger charge is -2.15. The summed E-state index contributed by atoms with van der Waals surface area (Å²) in [6.45, 7) is 0. The highest BCUT2D eigenvalue weighted by molar-refractivity contribution is 6.36. The van der Waals surface area contributed by atoms with E-state index in [1.165, 1.54) is 24.3 Å². The van der Waals surface area contributed by atoms with E-state index < -0.39 is 23.6 Å². The minimum absolute atomic E-state index is 0.0608. The molecule has 14 nitrogen and oxygen atoms in total. The highest BCUT2D eigenvalue weighted by atomic mass is 16.5. The number of nitrogens with zero attached hydrogens (tertiary/aromatic N) is 2. The summed E-state index contributed by atoms with van der Waals surface area (Å²) >= 11 is 0. The van der Waals surface area contributed by atoms with Crippen LogP contribution in [0.4, 0.5) is 34.1 Å². The van der Waals surface area contributed by atoms with E-state index in [1.54, 1.807) is 135 Å². The van der Waals surface area contributed by atoms with Gasteiger partial charge in [-0.25, -0.2) is 9.80 Å². The van der Waals surface area contributed by atoms with Crippen molar-refractivity contribution < 1.29 is 38.2 Å². The summed E-state index contributed by atoms with van der Waals surface area (Å²) in [6.07, 6.45) is 0. The van der Waals surface area contributed by atoms with Gasteiger partial charge in [-0.05, 0) is 133 Å². The first-order valence-electron chi connectivity index (χ1n) is 20.0. The number of nitrogens with one attached hydrogen (secondary N) is 4. The minimum Gasteiger partial charge on any atom is -0.456 e. The molecule has 0 saturated heterocycles. The number of carbonyl (C=O) groups excluding carboxylic acids is 6. The van der Waals surface area contributed by atoms with Crippen molar-refractivity contribution in [1.82, 2.24) is 0 Å². The summed E-state index contributed by atoms with van der Waals surface area (Å²) in [5.74, 6) is -2.17. The van der Waals surface area contributed by atoms with Crippen LogP contribution in [0, 0.1) is 0 Å². The molecule has 7 aromatic carbocycles. The number of hydrogen-bond donors (Lipinski definition) is 4. The van der Waals surface area contributed by atoms with Crippen LogP contribution in [0.5, 0.6) is 23.0 Å². The molecule has 0 aromatic heterocycles. The highest BCUT2D eigenvalue weighted by Crippen LogP contribution is 2.40. The minimum atomic E-state index is -0.604. The Morgan fingerprint density at radius 1 is 0.422 bits per heavy atom. The second-order valence-electron chi connectivity index (χ2n) is 14.6. The lowest BCUT2D eigenvalue weighted by Crippen LogP contribution is -2.29. The van der Waals surface area contributed by atoms with E-state index in [4.69, 9.17) is 9.47 Å². The average molecular weight is 849 g/mol. The Bertz CT molecular complexity index is 3020. The number of imide groups is 2. The zero-order valence-corrected chi connectivity index (χ0v) is 34.2. The first-order valence-corrected chi connectivity index (χ1v) is 20.0. The van der Waals surface area contributed by atoms with Crippen molar-refractivity contribution in [1.29, 1.82) is 0 Å². The molecule has 6 amide bonds.